The van der Waals surface area contributed by atoms with E-state index < -0.39 is 22.0 Å². The van der Waals surface area contributed by atoms with Gasteiger partial charge in [-0.05, 0) is 13.3 Å². The molecule has 1 unspecified atom stereocenters. The number of aliphatic hydroxyl groups excluding tert-OH is 1. The average molecular weight is 227 g/mol. The minimum Gasteiger partial charge on any atom is -0.748 e. The maximum atomic E-state index is 9.73. The SMILES string of the molecule is CC(O)CS(=O)(=O)[O-].CCC[NH+](C)C. The molecule has 2 N–H and O–H groups in total. The maximum Gasteiger partial charge on any atom is 0.0971 e. The molecule has 0 heterocycles. The van der Waals surface area contributed by atoms with E-state index in [9.17, 15) is 13.0 Å². The molecule has 6 heteroatoms. The molecule has 0 aromatic heterocycles. The van der Waals surface area contributed by atoms with Crippen LogP contribution in [0.3, 0.4) is 0 Å². The van der Waals surface area contributed by atoms with Crippen LogP contribution in [-0.2, 0) is 10.1 Å². The normalized spacial score (nSPS) is 13.4. The van der Waals surface area contributed by atoms with Gasteiger partial charge in [0.05, 0.1) is 42.6 Å². The summed E-state index contributed by atoms with van der Waals surface area (Å²) in [4.78, 5) is 1.54. The van der Waals surface area contributed by atoms with Gasteiger partial charge in [-0.3, -0.25) is 0 Å². The Kier molecular flexibility index (Phi) is 9.49. The zero-order valence-corrected chi connectivity index (χ0v) is 10.1. The first-order valence-corrected chi connectivity index (χ1v) is 6.17. The fourth-order valence-corrected chi connectivity index (χ4v) is 1.39. The topological polar surface area (TPSA) is 81.9 Å². The number of aliphatic hydroxyl groups is 1. The molecule has 0 amide bonds. The molecule has 0 aliphatic rings. The molecule has 5 nitrogen and oxygen atoms in total. The van der Waals surface area contributed by atoms with Crippen molar-refractivity contribution < 1.29 is 23.0 Å². The van der Waals surface area contributed by atoms with Gasteiger partial charge in [-0.2, -0.15) is 0 Å². The summed E-state index contributed by atoms with van der Waals surface area (Å²) in [5.74, 6) is -0.701. The van der Waals surface area contributed by atoms with Crippen molar-refractivity contribution in [2.24, 2.45) is 0 Å². The van der Waals surface area contributed by atoms with Crippen molar-refractivity contribution in [2.75, 3.05) is 26.4 Å². The Labute approximate surface area is 86.5 Å². The zero-order chi connectivity index (χ0) is 11.8. The highest BCUT2D eigenvalue weighted by Gasteiger charge is 1.99. The number of quaternary nitrogens is 1. The second-order valence-corrected chi connectivity index (χ2v) is 4.98. The van der Waals surface area contributed by atoms with Crippen LogP contribution in [0.15, 0.2) is 0 Å². The molecule has 0 aromatic carbocycles. The van der Waals surface area contributed by atoms with E-state index in [2.05, 4.69) is 21.0 Å². The Morgan fingerprint density at radius 3 is 1.86 bits per heavy atom. The molecule has 0 bridgehead atoms. The van der Waals surface area contributed by atoms with Crippen LogP contribution in [0.1, 0.15) is 20.3 Å². The van der Waals surface area contributed by atoms with Crippen LogP contribution in [0.4, 0.5) is 0 Å². The van der Waals surface area contributed by atoms with Crippen molar-refractivity contribution in [1.82, 2.24) is 0 Å². The number of nitrogens with one attached hydrogen (secondary N) is 1. The second kappa shape index (κ2) is 8.16. The lowest BCUT2D eigenvalue weighted by Crippen LogP contribution is -3.05. The van der Waals surface area contributed by atoms with Crippen LogP contribution >= 0.6 is 0 Å². The molecule has 0 saturated carbocycles. The van der Waals surface area contributed by atoms with Crippen molar-refractivity contribution in [1.29, 1.82) is 0 Å². The highest BCUT2D eigenvalue weighted by atomic mass is 32.2. The monoisotopic (exact) mass is 227 g/mol. The average Bonchev–Trinajstić information content (AvgIpc) is 1.80. The molecular formula is C8H21NO4S. The first kappa shape index (κ1) is 16.3. The zero-order valence-electron chi connectivity index (χ0n) is 9.28. The Morgan fingerprint density at radius 1 is 1.43 bits per heavy atom. The molecule has 0 radical (unpaired) electrons. The van der Waals surface area contributed by atoms with E-state index in [1.54, 1.807) is 0 Å². The van der Waals surface area contributed by atoms with Gasteiger partial charge < -0.3 is 14.6 Å². The molecule has 0 aliphatic carbocycles. The Bertz CT molecular complexity index is 211. The minimum atomic E-state index is -4.22. The number of rotatable bonds is 4. The third-order valence-corrected chi connectivity index (χ3v) is 2.09. The van der Waals surface area contributed by atoms with E-state index in [1.165, 1.54) is 24.8 Å². The van der Waals surface area contributed by atoms with E-state index in [0.717, 1.165) is 0 Å². The predicted octanol–water partition coefficient (Wildman–Crippen LogP) is -1.55. The van der Waals surface area contributed by atoms with E-state index in [1.807, 2.05) is 0 Å². The summed E-state index contributed by atoms with van der Waals surface area (Å²) in [6, 6.07) is 0. The lowest BCUT2D eigenvalue weighted by atomic mass is 10.5. The standard InChI is InChI=1S/C5H13N.C3H8O4S/c1-4-5-6(2)3;1-3(4)2-8(5,6)7/h4-5H2,1-3H3;3-4H,2H2,1H3,(H,5,6,7). The Hall–Kier alpha value is -0.170. The van der Waals surface area contributed by atoms with Crippen molar-refractivity contribution in [2.45, 2.75) is 26.4 Å². The van der Waals surface area contributed by atoms with E-state index in [0.29, 0.717) is 0 Å². The van der Waals surface area contributed by atoms with Crippen molar-refractivity contribution in [3.05, 3.63) is 0 Å². The van der Waals surface area contributed by atoms with Gasteiger partial charge in [0, 0.05) is 0 Å². The largest absolute Gasteiger partial charge is 0.748 e. The summed E-state index contributed by atoms with van der Waals surface area (Å²) >= 11 is 0. The number of hydrogen-bond donors (Lipinski definition) is 2. The first-order valence-electron chi connectivity index (χ1n) is 4.59. The molecule has 0 aromatic rings. The third-order valence-electron chi connectivity index (χ3n) is 1.20. The fraction of sp³-hybridized carbons (Fsp3) is 1.00. The molecule has 1 atom stereocenters. The van der Waals surface area contributed by atoms with Crippen LogP contribution in [0.25, 0.3) is 0 Å². The van der Waals surface area contributed by atoms with E-state index in [4.69, 9.17) is 5.11 Å². The first-order chi connectivity index (χ1) is 6.19. The molecule has 0 saturated heterocycles. The lowest BCUT2D eigenvalue weighted by molar-refractivity contribution is -0.858. The van der Waals surface area contributed by atoms with E-state index >= 15 is 0 Å². The molecule has 0 spiro atoms. The highest BCUT2D eigenvalue weighted by Crippen LogP contribution is 1.86. The molecule has 0 fully saturated rings. The minimum absolute atomic E-state index is 0.701. The molecule has 14 heavy (non-hydrogen) atoms. The Balaban J connectivity index is 0. The summed E-state index contributed by atoms with van der Waals surface area (Å²) in [5.41, 5.74) is 0. The van der Waals surface area contributed by atoms with Crippen molar-refractivity contribution >= 4 is 10.1 Å². The Morgan fingerprint density at radius 2 is 1.86 bits per heavy atom. The van der Waals surface area contributed by atoms with Crippen LogP contribution in [0, 0.1) is 0 Å². The summed E-state index contributed by atoms with van der Waals surface area (Å²) in [6.07, 6.45) is 0.236. The molecule has 0 rings (SSSR count). The summed E-state index contributed by atoms with van der Waals surface area (Å²) in [6.45, 7) is 4.74. The quantitative estimate of drug-likeness (QED) is 0.570. The maximum absolute atomic E-state index is 9.73. The van der Waals surface area contributed by atoms with Crippen LogP contribution in [0.2, 0.25) is 0 Å². The van der Waals surface area contributed by atoms with Gasteiger partial charge in [0.15, 0.2) is 0 Å². The van der Waals surface area contributed by atoms with Crippen LogP contribution in [-0.4, -0.2) is 50.6 Å². The van der Waals surface area contributed by atoms with E-state index in [-0.39, 0.29) is 0 Å². The van der Waals surface area contributed by atoms with Gasteiger partial charge in [-0.25, -0.2) is 8.42 Å². The van der Waals surface area contributed by atoms with Gasteiger partial charge in [0.25, 0.3) is 0 Å². The van der Waals surface area contributed by atoms with Crippen LogP contribution in [0.5, 0.6) is 0 Å². The molecule has 0 aliphatic heterocycles. The van der Waals surface area contributed by atoms with Gasteiger partial charge >= 0.3 is 0 Å². The second-order valence-electron chi connectivity index (χ2n) is 3.53. The lowest BCUT2D eigenvalue weighted by Gasteiger charge is -2.06. The van der Waals surface area contributed by atoms with Gasteiger partial charge in [0.2, 0.25) is 0 Å². The fourth-order valence-electron chi connectivity index (χ4n) is 0.795. The summed E-state index contributed by atoms with van der Waals surface area (Å²) in [5, 5.41) is 8.31. The predicted molar refractivity (Wildman–Crippen MR) is 54.2 cm³/mol. The van der Waals surface area contributed by atoms with Gasteiger partial charge in [0.1, 0.15) is 0 Å². The highest BCUT2D eigenvalue weighted by molar-refractivity contribution is 7.85. The molecule has 88 valence electrons. The van der Waals surface area contributed by atoms with Crippen LogP contribution < -0.4 is 4.90 Å². The summed E-state index contributed by atoms with van der Waals surface area (Å²) in [7, 11) is 0.117. The van der Waals surface area contributed by atoms with Gasteiger partial charge in [-0.1, -0.05) is 6.92 Å². The molecular weight excluding hydrogens is 206 g/mol. The smallest absolute Gasteiger partial charge is 0.0971 e. The van der Waals surface area contributed by atoms with Crippen molar-refractivity contribution in [3.63, 3.8) is 0 Å². The number of hydrogen-bond acceptors (Lipinski definition) is 4. The summed E-state index contributed by atoms with van der Waals surface area (Å²) < 4.78 is 29.2. The van der Waals surface area contributed by atoms with Gasteiger partial charge in [-0.15, -0.1) is 0 Å². The third kappa shape index (κ3) is 22.6. The van der Waals surface area contributed by atoms with Crippen molar-refractivity contribution in [3.8, 4) is 0 Å².